The maximum Gasteiger partial charge on any atom is 0.0210 e. The van der Waals surface area contributed by atoms with E-state index in [0.29, 0.717) is 6.04 Å². The van der Waals surface area contributed by atoms with Crippen molar-refractivity contribution in [1.29, 1.82) is 0 Å². The van der Waals surface area contributed by atoms with E-state index in [1.165, 1.54) is 29.5 Å². The van der Waals surface area contributed by atoms with Crippen molar-refractivity contribution >= 4 is 15.9 Å². The Morgan fingerprint density at radius 1 is 1.31 bits per heavy atom. The minimum absolute atomic E-state index is 0.624. The molecule has 1 N–H and O–H groups in total. The van der Waals surface area contributed by atoms with E-state index in [1.807, 2.05) is 0 Å². The van der Waals surface area contributed by atoms with E-state index in [9.17, 15) is 0 Å². The Kier molecular flexibility index (Phi) is 6.07. The lowest BCUT2D eigenvalue weighted by Gasteiger charge is -2.17. The fourth-order valence-corrected chi connectivity index (χ4v) is 2.38. The van der Waals surface area contributed by atoms with Crippen LogP contribution in [-0.4, -0.2) is 11.4 Å². The Morgan fingerprint density at radius 2 is 2.06 bits per heavy atom. The van der Waals surface area contributed by atoms with Crippen LogP contribution in [0.15, 0.2) is 18.2 Å². The molecule has 1 aromatic carbocycles. The summed E-state index contributed by atoms with van der Waals surface area (Å²) >= 11 is 3.50. The summed E-state index contributed by atoms with van der Waals surface area (Å²) in [6.07, 6.45) is 2.39. The molecule has 1 unspecified atom stereocenters. The highest BCUT2D eigenvalue weighted by atomic mass is 79.9. The third kappa shape index (κ3) is 4.26. The van der Waals surface area contributed by atoms with E-state index in [-0.39, 0.29) is 0 Å². The SMILES string of the molecule is CCC(CCBr)NCc1cc(C)ccc1C. The first-order valence-electron chi connectivity index (χ1n) is 6.02. The molecule has 0 radical (unpaired) electrons. The highest BCUT2D eigenvalue weighted by Gasteiger charge is 2.05. The van der Waals surface area contributed by atoms with Crippen LogP contribution in [0.25, 0.3) is 0 Å². The summed E-state index contributed by atoms with van der Waals surface area (Å²) in [6.45, 7) is 7.56. The Labute approximate surface area is 108 Å². The smallest absolute Gasteiger partial charge is 0.0210 e. The first kappa shape index (κ1) is 13.7. The number of hydrogen-bond donors (Lipinski definition) is 1. The summed E-state index contributed by atoms with van der Waals surface area (Å²) in [4.78, 5) is 0. The zero-order valence-corrected chi connectivity index (χ0v) is 12.1. The maximum atomic E-state index is 3.62. The Morgan fingerprint density at radius 3 is 2.69 bits per heavy atom. The van der Waals surface area contributed by atoms with Gasteiger partial charge in [-0.25, -0.2) is 0 Å². The van der Waals surface area contributed by atoms with E-state index in [2.05, 4.69) is 60.2 Å². The summed E-state index contributed by atoms with van der Waals surface area (Å²) in [7, 11) is 0. The summed E-state index contributed by atoms with van der Waals surface area (Å²) in [6, 6.07) is 7.29. The van der Waals surface area contributed by atoms with Crippen LogP contribution in [0.1, 0.15) is 36.5 Å². The minimum atomic E-state index is 0.624. The van der Waals surface area contributed by atoms with Crippen LogP contribution in [0.4, 0.5) is 0 Å². The van der Waals surface area contributed by atoms with Gasteiger partial charge in [-0.3, -0.25) is 0 Å². The molecule has 16 heavy (non-hydrogen) atoms. The number of nitrogens with one attached hydrogen (secondary N) is 1. The number of hydrogen-bond acceptors (Lipinski definition) is 1. The fraction of sp³-hybridized carbons (Fsp3) is 0.571. The van der Waals surface area contributed by atoms with Crippen LogP contribution in [0.2, 0.25) is 0 Å². The quantitative estimate of drug-likeness (QED) is 0.780. The van der Waals surface area contributed by atoms with Gasteiger partial charge in [0.25, 0.3) is 0 Å². The van der Waals surface area contributed by atoms with Gasteiger partial charge >= 0.3 is 0 Å². The topological polar surface area (TPSA) is 12.0 Å². The number of aryl methyl sites for hydroxylation is 2. The summed E-state index contributed by atoms with van der Waals surface area (Å²) in [5.41, 5.74) is 4.15. The standard InChI is InChI=1S/C14H22BrN/c1-4-14(7-8-15)16-10-13-9-11(2)5-6-12(13)3/h5-6,9,14,16H,4,7-8,10H2,1-3H3. The van der Waals surface area contributed by atoms with Crippen LogP contribution < -0.4 is 5.32 Å². The van der Waals surface area contributed by atoms with Crippen LogP contribution in [0, 0.1) is 13.8 Å². The minimum Gasteiger partial charge on any atom is -0.310 e. The van der Waals surface area contributed by atoms with Crippen LogP contribution in [0.5, 0.6) is 0 Å². The molecule has 1 nitrogen and oxygen atoms in total. The van der Waals surface area contributed by atoms with E-state index < -0.39 is 0 Å². The van der Waals surface area contributed by atoms with Crippen molar-refractivity contribution in [2.24, 2.45) is 0 Å². The van der Waals surface area contributed by atoms with Crippen molar-refractivity contribution in [3.63, 3.8) is 0 Å². The lowest BCUT2D eigenvalue weighted by molar-refractivity contribution is 0.487. The molecule has 0 saturated heterocycles. The maximum absolute atomic E-state index is 3.62. The summed E-state index contributed by atoms with van der Waals surface area (Å²) in [5.74, 6) is 0. The van der Waals surface area contributed by atoms with Crippen molar-refractivity contribution in [3.8, 4) is 0 Å². The molecule has 1 atom stereocenters. The van der Waals surface area contributed by atoms with E-state index in [0.717, 1.165) is 11.9 Å². The molecule has 90 valence electrons. The van der Waals surface area contributed by atoms with E-state index in [4.69, 9.17) is 0 Å². The molecular weight excluding hydrogens is 262 g/mol. The third-order valence-electron chi connectivity index (χ3n) is 3.04. The van der Waals surface area contributed by atoms with Gasteiger partial charge in [0.2, 0.25) is 0 Å². The summed E-state index contributed by atoms with van der Waals surface area (Å²) < 4.78 is 0. The van der Waals surface area contributed by atoms with Gasteiger partial charge in [-0.15, -0.1) is 0 Å². The van der Waals surface area contributed by atoms with Crippen molar-refractivity contribution in [3.05, 3.63) is 34.9 Å². The van der Waals surface area contributed by atoms with Crippen LogP contribution in [0.3, 0.4) is 0 Å². The lowest BCUT2D eigenvalue weighted by atomic mass is 10.0. The molecule has 0 bridgehead atoms. The molecule has 1 aromatic rings. The van der Waals surface area contributed by atoms with Crippen LogP contribution >= 0.6 is 15.9 Å². The molecule has 0 aliphatic rings. The van der Waals surface area contributed by atoms with Gasteiger partial charge in [0.15, 0.2) is 0 Å². The molecule has 0 amide bonds. The van der Waals surface area contributed by atoms with Gasteiger partial charge in [-0.05, 0) is 37.8 Å². The van der Waals surface area contributed by atoms with Crippen molar-refractivity contribution in [2.75, 3.05) is 5.33 Å². The van der Waals surface area contributed by atoms with Crippen molar-refractivity contribution in [2.45, 2.75) is 46.2 Å². The predicted molar refractivity (Wildman–Crippen MR) is 75.2 cm³/mol. The molecule has 0 aromatic heterocycles. The molecule has 0 spiro atoms. The number of alkyl halides is 1. The highest BCUT2D eigenvalue weighted by molar-refractivity contribution is 9.09. The predicted octanol–water partition coefficient (Wildman–Crippen LogP) is 3.96. The van der Waals surface area contributed by atoms with Crippen LogP contribution in [-0.2, 0) is 6.54 Å². The highest BCUT2D eigenvalue weighted by Crippen LogP contribution is 2.11. The second kappa shape index (κ2) is 7.08. The van der Waals surface area contributed by atoms with E-state index in [1.54, 1.807) is 0 Å². The Bertz CT molecular complexity index is 323. The Hall–Kier alpha value is -0.340. The zero-order valence-electron chi connectivity index (χ0n) is 10.5. The second-order valence-corrected chi connectivity index (χ2v) is 5.19. The third-order valence-corrected chi connectivity index (χ3v) is 3.49. The lowest BCUT2D eigenvalue weighted by Crippen LogP contribution is -2.28. The number of benzene rings is 1. The summed E-state index contributed by atoms with van der Waals surface area (Å²) in [5, 5.41) is 4.70. The number of rotatable bonds is 6. The first-order chi connectivity index (χ1) is 7.67. The molecule has 0 aliphatic heterocycles. The molecule has 0 heterocycles. The molecule has 0 fully saturated rings. The first-order valence-corrected chi connectivity index (χ1v) is 7.15. The fourth-order valence-electron chi connectivity index (χ4n) is 1.83. The van der Waals surface area contributed by atoms with Gasteiger partial charge in [0.05, 0.1) is 0 Å². The molecule has 2 heteroatoms. The molecule has 0 aliphatic carbocycles. The largest absolute Gasteiger partial charge is 0.310 e. The van der Waals surface area contributed by atoms with Gasteiger partial charge in [0.1, 0.15) is 0 Å². The van der Waals surface area contributed by atoms with Gasteiger partial charge in [-0.1, -0.05) is 46.6 Å². The zero-order chi connectivity index (χ0) is 12.0. The van der Waals surface area contributed by atoms with Crippen molar-refractivity contribution < 1.29 is 0 Å². The average Bonchev–Trinajstić information content (AvgIpc) is 2.28. The van der Waals surface area contributed by atoms with E-state index >= 15 is 0 Å². The van der Waals surface area contributed by atoms with Gasteiger partial charge in [0, 0.05) is 17.9 Å². The molecular formula is C14H22BrN. The molecule has 0 saturated carbocycles. The Balaban J connectivity index is 2.55. The number of halogens is 1. The van der Waals surface area contributed by atoms with Crippen molar-refractivity contribution in [1.82, 2.24) is 5.32 Å². The van der Waals surface area contributed by atoms with Gasteiger partial charge < -0.3 is 5.32 Å². The normalized spacial score (nSPS) is 12.8. The second-order valence-electron chi connectivity index (χ2n) is 4.39. The molecule has 1 rings (SSSR count). The monoisotopic (exact) mass is 283 g/mol. The average molecular weight is 284 g/mol. The van der Waals surface area contributed by atoms with Gasteiger partial charge in [-0.2, -0.15) is 0 Å².